The smallest absolute Gasteiger partial charge is 0.0591 e. The van der Waals surface area contributed by atoms with Gasteiger partial charge in [-0.3, -0.25) is 22.5 Å². The highest BCUT2D eigenvalue weighted by atomic mass is 16.3. The van der Waals surface area contributed by atoms with Crippen molar-refractivity contribution in [3.05, 3.63) is 0 Å². The quantitative estimate of drug-likeness (QED) is 0.237. The van der Waals surface area contributed by atoms with Crippen LogP contribution < -0.4 is 22.5 Å². The van der Waals surface area contributed by atoms with Gasteiger partial charge in [0.05, 0.1) is 6.10 Å². The summed E-state index contributed by atoms with van der Waals surface area (Å²) >= 11 is 0. The first-order valence-corrected chi connectivity index (χ1v) is 3.77. The Bertz CT molecular complexity index is 90.7. The summed E-state index contributed by atoms with van der Waals surface area (Å²) in [5.41, 5.74) is 5.00. The standard InChI is InChI=1S/C6H18N4O/c1-5(4-10-8)6(11)2-3-9-7/h5-6,9-11H,2-4,7-8H2,1H3. The lowest BCUT2D eigenvalue weighted by molar-refractivity contribution is 0.107. The van der Waals surface area contributed by atoms with Crippen molar-refractivity contribution >= 4 is 0 Å². The van der Waals surface area contributed by atoms with Crippen LogP contribution in [0.1, 0.15) is 13.3 Å². The maximum absolute atomic E-state index is 9.39. The van der Waals surface area contributed by atoms with E-state index < -0.39 is 0 Å². The van der Waals surface area contributed by atoms with Crippen LogP contribution in [0.4, 0.5) is 0 Å². The van der Waals surface area contributed by atoms with Gasteiger partial charge in [0, 0.05) is 13.1 Å². The van der Waals surface area contributed by atoms with Gasteiger partial charge in [-0.1, -0.05) is 6.92 Å². The normalized spacial score (nSPS) is 16.4. The van der Waals surface area contributed by atoms with Gasteiger partial charge in [-0.25, -0.2) is 0 Å². The van der Waals surface area contributed by atoms with Crippen LogP contribution in [-0.4, -0.2) is 24.3 Å². The van der Waals surface area contributed by atoms with Crippen molar-refractivity contribution in [1.29, 1.82) is 0 Å². The first-order valence-electron chi connectivity index (χ1n) is 3.77. The second-order valence-electron chi connectivity index (χ2n) is 2.70. The highest BCUT2D eigenvalue weighted by Crippen LogP contribution is 2.03. The molecule has 11 heavy (non-hydrogen) atoms. The Labute approximate surface area is 67.1 Å². The van der Waals surface area contributed by atoms with E-state index in [2.05, 4.69) is 10.9 Å². The van der Waals surface area contributed by atoms with Crippen molar-refractivity contribution in [3.63, 3.8) is 0 Å². The van der Waals surface area contributed by atoms with Crippen molar-refractivity contribution in [2.75, 3.05) is 13.1 Å². The summed E-state index contributed by atoms with van der Waals surface area (Å²) in [6, 6.07) is 0. The predicted molar refractivity (Wildman–Crippen MR) is 44.2 cm³/mol. The lowest BCUT2D eigenvalue weighted by Gasteiger charge is -2.17. The van der Waals surface area contributed by atoms with E-state index in [1.165, 1.54) is 0 Å². The van der Waals surface area contributed by atoms with Gasteiger partial charge in [-0.05, 0) is 12.3 Å². The Morgan fingerprint density at radius 1 is 1.36 bits per heavy atom. The van der Waals surface area contributed by atoms with Crippen LogP contribution in [0.15, 0.2) is 0 Å². The molecular formula is C6H18N4O. The molecular weight excluding hydrogens is 144 g/mol. The Balaban J connectivity index is 3.38. The molecule has 0 heterocycles. The number of aliphatic hydroxyl groups excluding tert-OH is 1. The van der Waals surface area contributed by atoms with Crippen LogP contribution in [0, 0.1) is 5.92 Å². The van der Waals surface area contributed by atoms with Crippen LogP contribution in [0.5, 0.6) is 0 Å². The van der Waals surface area contributed by atoms with Gasteiger partial charge >= 0.3 is 0 Å². The summed E-state index contributed by atoms with van der Waals surface area (Å²) in [6.07, 6.45) is 0.307. The first kappa shape index (κ1) is 10.8. The summed E-state index contributed by atoms with van der Waals surface area (Å²) < 4.78 is 0. The van der Waals surface area contributed by atoms with Crippen molar-refractivity contribution in [1.82, 2.24) is 10.9 Å². The molecule has 0 aromatic heterocycles. The number of aliphatic hydroxyl groups is 1. The fourth-order valence-electron chi connectivity index (χ4n) is 0.838. The molecule has 0 fully saturated rings. The molecule has 0 bridgehead atoms. The van der Waals surface area contributed by atoms with Crippen LogP contribution in [0.25, 0.3) is 0 Å². The molecule has 0 amide bonds. The monoisotopic (exact) mass is 162 g/mol. The molecule has 0 radical (unpaired) electrons. The lowest BCUT2D eigenvalue weighted by Crippen LogP contribution is -2.35. The Morgan fingerprint density at radius 2 is 2.00 bits per heavy atom. The topological polar surface area (TPSA) is 96.3 Å². The molecule has 2 atom stereocenters. The molecule has 0 rings (SSSR count). The van der Waals surface area contributed by atoms with Crippen molar-refractivity contribution in [3.8, 4) is 0 Å². The van der Waals surface area contributed by atoms with Gasteiger partial charge in [-0.2, -0.15) is 0 Å². The molecule has 0 aliphatic heterocycles. The van der Waals surface area contributed by atoms with Crippen molar-refractivity contribution < 1.29 is 5.11 Å². The molecule has 0 aliphatic rings. The zero-order valence-electron chi connectivity index (χ0n) is 6.88. The molecule has 5 nitrogen and oxygen atoms in total. The lowest BCUT2D eigenvalue weighted by atomic mass is 10.0. The van der Waals surface area contributed by atoms with E-state index in [1.807, 2.05) is 6.92 Å². The van der Waals surface area contributed by atoms with Crippen molar-refractivity contribution in [2.24, 2.45) is 17.6 Å². The molecule has 2 unspecified atom stereocenters. The van der Waals surface area contributed by atoms with Crippen LogP contribution in [0.2, 0.25) is 0 Å². The number of hydrogen-bond donors (Lipinski definition) is 5. The average Bonchev–Trinajstić information content (AvgIpc) is 2.00. The fourth-order valence-corrected chi connectivity index (χ4v) is 0.838. The summed E-state index contributed by atoms with van der Waals surface area (Å²) in [4.78, 5) is 0. The molecule has 7 N–H and O–H groups in total. The third-order valence-corrected chi connectivity index (χ3v) is 1.68. The zero-order chi connectivity index (χ0) is 8.69. The highest BCUT2D eigenvalue weighted by molar-refractivity contribution is 4.65. The summed E-state index contributed by atoms with van der Waals surface area (Å²) in [5, 5.41) is 9.39. The zero-order valence-corrected chi connectivity index (χ0v) is 6.88. The van der Waals surface area contributed by atoms with Crippen molar-refractivity contribution in [2.45, 2.75) is 19.4 Å². The van der Waals surface area contributed by atoms with E-state index in [0.717, 1.165) is 0 Å². The number of nitrogens with two attached hydrogens (primary N) is 2. The maximum atomic E-state index is 9.39. The van der Waals surface area contributed by atoms with Crippen LogP contribution >= 0.6 is 0 Å². The molecule has 0 aliphatic carbocycles. The Hall–Kier alpha value is -0.200. The third-order valence-electron chi connectivity index (χ3n) is 1.68. The fraction of sp³-hybridized carbons (Fsp3) is 1.00. The van der Waals surface area contributed by atoms with E-state index >= 15 is 0 Å². The van der Waals surface area contributed by atoms with E-state index in [-0.39, 0.29) is 12.0 Å². The van der Waals surface area contributed by atoms with E-state index in [4.69, 9.17) is 11.7 Å². The number of rotatable bonds is 6. The summed E-state index contributed by atoms with van der Waals surface area (Å²) in [6.45, 7) is 3.17. The second kappa shape index (κ2) is 6.51. The Morgan fingerprint density at radius 3 is 2.45 bits per heavy atom. The third kappa shape index (κ3) is 5.11. The van der Waals surface area contributed by atoms with Gasteiger partial charge in [-0.15, -0.1) is 0 Å². The first-order chi connectivity index (χ1) is 5.22. The molecule has 0 spiro atoms. The van der Waals surface area contributed by atoms with E-state index in [0.29, 0.717) is 19.5 Å². The minimum absolute atomic E-state index is 0.161. The number of hydrazine groups is 2. The summed E-state index contributed by atoms with van der Waals surface area (Å²) in [5.74, 6) is 10.3. The summed E-state index contributed by atoms with van der Waals surface area (Å²) in [7, 11) is 0. The van der Waals surface area contributed by atoms with Gasteiger partial charge in [0.25, 0.3) is 0 Å². The molecule has 5 heteroatoms. The second-order valence-corrected chi connectivity index (χ2v) is 2.70. The predicted octanol–water partition coefficient (Wildman–Crippen LogP) is -1.70. The van der Waals surface area contributed by atoms with Gasteiger partial charge in [0.1, 0.15) is 0 Å². The number of hydrogen-bond acceptors (Lipinski definition) is 5. The van der Waals surface area contributed by atoms with Crippen LogP contribution in [0.3, 0.4) is 0 Å². The molecule has 0 saturated heterocycles. The van der Waals surface area contributed by atoms with Crippen LogP contribution in [-0.2, 0) is 0 Å². The number of nitrogens with one attached hydrogen (secondary N) is 2. The molecule has 68 valence electrons. The SMILES string of the molecule is CC(CNN)C(O)CCNN. The maximum Gasteiger partial charge on any atom is 0.0591 e. The van der Waals surface area contributed by atoms with E-state index in [1.54, 1.807) is 0 Å². The van der Waals surface area contributed by atoms with Gasteiger partial charge in [0.2, 0.25) is 0 Å². The van der Waals surface area contributed by atoms with E-state index in [9.17, 15) is 5.11 Å². The Kier molecular flexibility index (Phi) is 6.39. The molecule has 0 aromatic rings. The van der Waals surface area contributed by atoms with Gasteiger partial charge in [0.15, 0.2) is 0 Å². The highest BCUT2D eigenvalue weighted by Gasteiger charge is 2.11. The van der Waals surface area contributed by atoms with Gasteiger partial charge < -0.3 is 5.11 Å². The minimum Gasteiger partial charge on any atom is -0.393 e. The molecule has 0 saturated carbocycles. The molecule has 0 aromatic carbocycles. The largest absolute Gasteiger partial charge is 0.393 e. The average molecular weight is 162 g/mol. The minimum atomic E-state index is -0.345.